The molecule has 0 radical (unpaired) electrons. The van der Waals surface area contributed by atoms with Gasteiger partial charge in [0, 0.05) is 19.3 Å². The summed E-state index contributed by atoms with van der Waals surface area (Å²) in [5.41, 5.74) is 4.61. The van der Waals surface area contributed by atoms with Gasteiger partial charge >= 0.3 is 0 Å². The molecular formula is C18H20N2O3S. The number of nitrogens with one attached hydrogen (secondary N) is 1. The molecule has 1 aliphatic rings. The third kappa shape index (κ3) is 3.07. The van der Waals surface area contributed by atoms with Gasteiger partial charge in [0.15, 0.2) is 0 Å². The second-order valence-electron chi connectivity index (χ2n) is 6.17. The maximum absolute atomic E-state index is 12.6. The highest BCUT2D eigenvalue weighted by Gasteiger charge is 2.26. The zero-order valence-electron chi connectivity index (χ0n) is 14.0. The van der Waals surface area contributed by atoms with E-state index in [2.05, 4.69) is 4.72 Å². The predicted octanol–water partition coefficient (Wildman–Crippen LogP) is 2.30. The van der Waals surface area contributed by atoms with Crippen LogP contribution >= 0.6 is 0 Å². The number of aryl methyl sites for hydroxylation is 2. The van der Waals surface area contributed by atoms with Crippen LogP contribution in [0.15, 0.2) is 41.3 Å². The zero-order valence-corrected chi connectivity index (χ0v) is 14.8. The third-order valence-electron chi connectivity index (χ3n) is 4.40. The first kappa shape index (κ1) is 16.7. The Balaban J connectivity index is 1.83. The first-order chi connectivity index (χ1) is 11.3. The van der Waals surface area contributed by atoms with E-state index < -0.39 is 10.0 Å². The molecule has 6 heteroatoms. The summed E-state index contributed by atoms with van der Waals surface area (Å²) in [6, 6.07) is 10.8. The summed E-state index contributed by atoms with van der Waals surface area (Å²) in [5.74, 6) is -0.0251. The van der Waals surface area contributed by atoms with Gasteiger partial charge in [0.1, 0.15) is 0 Å². The quantitative estimate of drug-likeness (QED) is 0.925. The molecule has 0 saturated carbocycles. The molecule has 1 amide bonds. The van der Waals surface area contributed by atoms with Gasteiger partial charge in [-0.05, 0) is 48.7 Å². The smallest absolute Gasteiger partial charge is 0.240 e. The summed E-state index contributed by atoms with van der Waals surface area (Å²) in [6.07, 6.45) is 0.242. The highest BCUT2D eigenvalue weighted by atomic mass is 32.2. The Morgan fingerprint density at radius 1 is 1.12 bits per heavy atom. The lowest BCUT2D eigenvalue weighted by atomic mass is 10.1. The van der Waals surface area contributed by atoms with E-state index in [1.165, 1.54) is 0 Å². The molecule has 1 heterocycles. The average molecular weight is 344 g/mol. The Labute approximate surface area is 142 Å². The number of hydrogen-bond acceptors (Lipinski definition) is 3. The summed E-state index contributed by atoms with van der Waals surface area (Å²) in [7, 11) is -1.93. The summed E-state index contributed by atoms with van der Waals surface area (Å²) >= 11 is 0. The van der Waals surface area contributed by atoms with Crippen LogP contribution in [0.25, 0.3) is 0 Å². The van der Waals surface area contributed by atoms with Crippen molar-refractivity contribution in [2.24, 2.45) is 0 Å². The Bertz CT molecular complexity index is 920. The second kappa shape index (κ2) is 6.03. The van der Waals surface area contributed by atoms with Gasteiger partial charge < -0.3 is 4.90 Å². The highest BCUT2D eigenvalue weighted by molar-refractivity contribution is 7.89. The molecule has 5 nitrogen and oxygen atoms in total. The van der Waals surface area contributed by atoms with Crippen molar-refractivity contribution >= 4 is 21.6 Å². The Morgan fingerprint density at radius 3 is 2.62 bits per heavy atom. The van der Waals surface area contributed by atoms with E-state index in [0.717, 1.165) is 27.9 Å². The molecule has 0 unspecified atom stereocenters. The molecule has 0 spiro atoms. The lowest BCUT2D eigenvalue weighted by Crippen LogP contribution is -2.24. The van der Waals surface area contributed by atoms with Crippen LogP contribution < -0.4 is 9.62 Å². The van der Waals surface area contributed by atoms with E-state index in [1.807, 2.05) is 32.0 Å². The van der Waals surface area contributed by atoms with E-state index >= 15 is 0 Å². The van der Waals surface area contributed by atoms with E-state index in [-0.39, 0.29) is 23.8 Å². The van der Waals surface area contributed by atoms with Gasteiger partial charge in [-0.1, -0.05) is 23.8 Å². The predicted molar refractivity (Wildman–Crippen MR) is 93.5 cm³/mol. The van der Waals surface area contributed by atoms with Crippen molar-refractivity contribution in [1.29, 1.82) is 0 Å². The summed E-state index contributed by atoms with van der Waals surface area (Å²) < 4.78 is 27.8. The number of sulfonamides is 1. The standard InChI is InChI=1S/C18H20N2O3S/c1-12-4-5-13(2)15(8-12)11-19-24(22,23)16-6-7-17-14(9-16)10-18(21)20(17)3/h4-9,19H,10-11H2,1-3H3. The van der Waals surface area contributed by atoms with E-state index in [4.69, 9.17) is 0 Å². The Hall–Kier alpha value is -2.18. The fraction of sp³-hybridized carbons (Fsp3) is 0.278. The number of nitrogens with zero attached hydrogens (tertiary/aromatic N) is 1. The molecule has 3 rings (SSSR count). The van der Waals surface area contributed by atoms with Gasteiger partial charge in [-0.15, -0.1) is 0 Å². The first-order valence-electron chi connectivity index (χ1n) is 7.73. The van der Waals surface area contributed by atoms with Gasteiger partial charge in [0.25, 0.3) is 0 Å². The molecule has 2 aromatic carbocycles. The van der Waals surface area contributed by atoms with Crippen molar-refractivity contribution in [1.82, 2.24) is 4.72 Å². The average Bonchev–Trinajstić information content (AvgIpc) is 2.82. The molecule has 126 valence electrons. The van der Waals surface area contributed by atoms with Crippen molar-refractivity contribution in [2.75, 3.05) is 11.9 Å². The first-order valence-corrected chi connectivity index (χ1v) is 9.21. The summed E-state index contributed by atoms with van der Waals surface area (Å²) in [6.45, 7) is 4.18. The molecule has 0 aliphatic carbocycles. The third-order valence-corrected chi connectivity index (χ3v) is 5.79. The molecule has 0 saturated heterocycles. The number of fused-ring (bicyclic) bond motifs is 1. The molecule has 0 bridgehead atoms. The maximum atomic E-state index is 12.6. The Kier molecular flexibility index (Phi) is 4.19. The van der Waals surface area contributed by atoms with Gasteiger partial charge in [-0.25, -0.2) is 13.1 Å². The van der Waals surface area contributed by atoms with Crippen molar-refractivity contribution < 1.29 is 13.2 Å². The van der Waals surface area contributed by atoms with Gasteiger partial charge in [0.05, 0.1) is 11.3 Å². The van der Waals surface area contributed by atoms with Gasteiger partial charge in [-0.3, -0.25) is 4.79 Å². The SMILES string of the molecule is Cc1ccc(C)c(CNS(=O)(=O)c2ccc3c(c2)CC(=O)N3C)c1. The van der Waals surface area contributed by atoms with Crippen LogP contribution in [0.3, 0.4) is 0 Å². The normalized spacial score (nSPS) is 14.1. The van der Waals surface area contributed by atoms with Crippen LogP contribution in [0.1, 0.15) is 22.3 Å². The van der Waals surface area contributed by atoms with Gasteiger partial charge in [-0.2, -0.15) is 0 Å². The van der Waals surface area contributed by atoms with Crippen molar-refractivity contribution in [3.05, 3.63) is 58.7 Å². The number of amides is 1. The molecule has 24 heavy (non-hydrogen) atoms. The lowest BCUT2D eigenvalue weighted by Gasteiger charge is -2.12. The summed E-state index contributed by atoms with van der Waals surface area (Å²) in [4.78, 5) is 13.5. The van der Waals surface area contributed by atoms with E-state index in [0.29, 0.717) is 0 Å². The van der Waals surface area contributed by atoms with Crippen LogP contribution in [0.4, 0.5) is 5.69 Å². The number of hydrogen-bond donors (Lipinski definition) is 1. The van der Waals surface area contributed by atoms with Crippen LogP contribution in [0.5, 0.6) is 0 Å². The molecule has 1 aliphatic heterocycles. The second-order valence-corrected chi connectivity index (χ2v) is 7.94. The largest absolute Gasteiger partial charge is 0.315 e. The van der Waals surface area contributed by atoms with Gasteiger partial charge in [0.2, 0.25) is 15.9 Å². The maximum Gasteiger partial charge on any atom is 0.240 e. The van der Waals surface area contributed by atoms with Crippen LogP contribution in [-0.4, -0.2) is 21.4 Å². The van der Waals surface area contributed by atoms with E-state index in [1.54, 1.807) is 30.1 Å². The number of carbonyl (C=O) groups excluding carboxylic acids is 1. The summed E-state index contributed by atoms with van der Waals surface area (Å²) in [5, 5.41) is 0. The zero-order chi connectivity index (χ0) is 17.5. The topological polar surface area (TPSA) is 66.5 Å². The monoisotopic (exact) mass is 344 g/mol. The molecule has 0 atom stereocenters. The minimum atomic E-state index is -3.62. The Morgan fingerprint density at radius 2 is 1.88 bits per heavy atom. The van der Waals surface area contributed by atoms with E-state index in [9.17, 15) is 13.2 Å². The fourth-order valence-electron chi connectivity index (χ4n) is 2.86. The van der Waals surface area contributed by atoms with Crippen LogP contribution in [0, 0.1) is 13.8 Å². The van der Waals surface area contributed by atoms with Crippen molar-refractivity contribution in [3.8, 4) is 0 Å². The number of carbonyl (C=O) groups is 1. The number of likely N-dealkylation sites (N-methyl/N-ethyl adjacent to an activating group) is 1. The minimum Gasteiger partial charge on any atom is -0.315 e. The molecule has 2 aromatic rings. The van der Waals surface area contributed by atoms with Crippen molar-refractivity contribution in [3.63, 3.8) is 0 Å². The van der Waals surface area contributed by atoms with Crippen molar-refractivity contribution in [2.45, 2.75) is 31.7 Å². The number of anilines is 1. The molecule has 0 fully saturated rings. The number of rotatable bonds is 4. The lowest BCUT2D eigenvalue weighted by molar-refractivity contribution is -0.117. The molecule has 0 aromatic heterocycles. The van der Waals surface area contributed by atoms with Crippen LogP contribution in [0.2, 0.25) is 0 Å². The molecular weight excluding hydrogens is 324 g/mol. The molecule has 1 N–H and O–H groups in total. The van der Waals surface area contributed by atoms with Crippen LogP contribution in [-0.2, 0) is 27.8 Å². The highest BCUT2D eigenvalue weighted by Crippen LogP contribution is 2.29. The fourth-order valence-corrected chi connectivity index (χ4v) is 3.92. The minimum absolute atomic E-state index is 0.0251. The number of benzene rings is 2.